The van der Waals surface area contributed by atoms with Crippen LogP contribution in [-0.4, -0.2) is 56.4 Å². The Bertz CT molecular complexity index is 676. The molecule has 23 heavy (non-hydrogen) atoms. The average Bonchev–Trinajstić information content (AvgIpc) is 2.83. The van der Waals surface area contributed by atoms with Gasteiger partial charge in [-0.3, -0.25) is 9.69 Å². The molecule has 130 valence electrons. The second-order valence-corrected chi connectivity index (χ2v) is 8.33. The van der Waals surface area contributed by atoms with E-state index in [2.05, 4.69) is 0 Å². The number of hydrogen-bond acceptors (Lipinski definition) is 7. The van der Waals surface area contributed by atoms with Crippen LogP contribution in [0.1, 0.15) is 27.7 Å². The van der Waals surface area contributed by atoms with Gasteiger partial charge in [0.25, 0.3) is 5.91 Å². The van der Waals surface area contributed by atoms with Crippen molar-refractivity contribution in [1.29, 1.82) is 0 Å². The molecule has 3 atom stereocenters. The fraction of sp³-hybridized carbons (Fsp3) is 0.714. The molecule has 0 unspecified atom stereocenters. The monoisotopic (exact) mass is 347 g/mol. The first-order chi connectivity index (χ1) is 10.4. The molecule has 0 aromatic heterocycles. The number of methoxy groups -OCH3 is 1. The van der Waals surface area contributed by atoms with Crippen molar-refractivity contribution in [3.8, 4) is 0 Å². The van der Waals surface area contributed by atoms with Gasteiger partial charge in [0, 0.05) is 11.5 Å². The fourth-order valence-corrected chi connectivity index (χ4v) is 3.50. The van der Waals surface area contributed by atoms with Gasteiger partial charge in [-0.1, -0.05) is 20.8 Å². The quantitative estimate of drug-likeness (QED) is 0.538. The van der Waals surface area contributed by atoms with E-state index in [0.29, 0.717) is 0 Å². The molecular formula is C14H21NO7S. The van der Waals surface area contributed by atoms with Crippen LogP contribution in [0.2, 0.25) is 0 Å². The minimum Gasteiger partial charge on any atom is -0.467 e. The fourth-order valence-electron chi connectivity index (χ4n) is 3.00. The summed E-state index contributed by atoms with van der Waals surface area (Å²) >= 11 is 0. The zero-order valence-electron chi connectivity index (χ0n) is 13.9. The van der Waals surface area contributed by atoms with E-state index in [4.69, 9.17) is 13.7 Å². The van der Waals surface area contributed by atoms with Crippen molar-refractivity contribution < 1.29 is 31.7 Å². The number of ether oxygens (including phenoxy) is 2. The lowest BCUT2D eigenvalue weighted by Gasteiger charge is -2.37. The van der Waals surface area contributed by atoms with E-state index in [-0.39, 0.29) is 5.76 Å². The van der Waals surface area contributed by atoms with Crippen molar-refractivity contribution in [3.63, 3.8) is 0 Å². The summed E-state index contributed by atoms with van der Waals surface area (Å²) in [5.74, 6) is -1.66. The van der Waals surface area contributed by atoms with Crippen LogP contribution in [0, 0.1) is 5.41 Å². The summed E-state index contributed by atoms with van der Waals surface area (Å²) < 4.78 is 38.7. The van der Waals surface area contributed by atoms with Crippen molar-refractivity contribution in [1.82, 2.24) is 4.90 Å². The van der Waals surface area contributed by atoms with Crippen LogP contribution in [0.15, 0.2) is 11.8 Å². The summed E-state index contributed by atoms with van der Waals surface area (Å²) in [5, 5.41) is 0. The summed E-state index contributed by atoms with van der Waals surface area (Å²) in [7, 11) is -2.78. The highest BCUT2D eigenvalue weighted by molar-refractivity contribution is 7.86. The Balaban J connectivity index is 2.64. The van der Waals surface area contributed by atoms with E-state index >= 15 is 0 Å². The molecule has 2 rings (SSSR count). The van der Waals surface area contributed by atoms with Crippen LogP contribution < -0.4 is 0 Å². The molecule has 8 nitrogen and oxygen atoms in total. The van der Waals surface area contributed by atoms with Gasteiger partial charge in [0.15, 0.2) is 5.76 Å². The molecule has 2 aliphatic rings. The first-order valence-corrected chi connectivity index (χ1v) is 8.86. The number of nitrogens with zero attached hydrogens (tertiary/aromatic N) is 1. The number of carbonyl (C=O) groups is 2. The van der Waals surface area contributed by atoms with E-state index < -0.39 is 45.3 Å². The lowest BCUT2D eigenvalue weighted by atomic mass is 9.89. The van der Waals surface area contributed by atoms with Crippen molar-refractivity contribution in [2.75, 3.05) is 13.4 Å². The molecule has 1 saturated heterocycles. The normalized spacial score (nSPS) is 31.0. The maximum atomic E-state index is 12.5. The minimum absolute atomic E-state index is 0.295. The molecule has 0 aliphatic carbocycles. The lowest BCUT2D eigenvalue weighted by Crippen LogP contribution is -2.59. The van der Waals surface area contributed by atoms with Crippen LogP contribution in [0.25, 0.3) is 0 Å². The molecule has 0 radical (unpaired) electrons. The third-order valence-corrected chi connectivity index (χ3v) is 4.36. The van der Waals surface area contributed by atoms with Crippen molar-refractivity contribution >= 4 is 22.0 Å². The molecule has 0 bridgehead atoms. The summed E-state index contributed by atoms with van der Waals surface area (Å²) in [6.07, 6.45) is 0.281. The van der Waals surface area contributed by atoms with Crippen molar-refractivity contribution in [2.24, 2.45) is 5.41 Å². The van der Waals surface area contributed by atoms with E-state index in [1.165, 1.54) is 4.90 Å². The third-order valence-electron chi connectivity index (χ3n) is 3.88. The molecule has 0 N–H and O–H groups in total. The summed E-state index contributed by atoms with van der Waals surface area (Å²) in [6.45, 7) is 7.12. The molecule has 0 spiro atoms. The Kier molecular flexibility index (Phi) is 4.01. The third kappa shape index (κ3) is 2.61. The standard InChI is InChI=1S/C14H21NO7S/c1-8-14(12(17)20-5)9(22-23(6,18)19)7-10(16)15(14)11(21-8)13(2,3)4/h7-8,11H,1-6H3/t8-,11-,14-/m1/s1. The lowest BCUT2D eigenvalue weighted by molar-refractivity contribution is -0.158. The van der Waals surface area contributed by atoms with Crippen molar-refractivity contribution in [3.05, 3.63) is 11.8 Å². The van der Waals surface area contributed by atoms with Crippen LogP contribution in [-0.2, 0) is 33.4 Å². The molecule has 0 aromatic rings. The highest BCUT2D eigenvalue weighted by Crippen LogP contribution is 2.49. The van der Waals surface area contributed by atoms with Gasteiger partial charge in [-0.05, 0) is 6.92 Å². The summed E-state index contributed by atoms with van der Waals surface area (Å²) in [6, 6.07) is 0. The number of amides is 1. The zero-order valence-corrected chi connectivity index (χ0v) is 14.8. The smallest absolute Gasteiger partial charge is 0.342 e. The Morgan fingerprint density at radius 2 is 1.96 bits per heavy atom. The maximum absolute atomic E-state index is 12.5. The number of carbonyl (C=O) groups excluding carboxylic acids is 2. The number of esters is 1. The molecule has 0 saturated carbocycles. The first kappa shape index (κ1) is 17.7. The Hall–Kier alpha value is -1.61. The van der Waals surface area contributed by atoms with Gasteiger partial charge in [-0.2, -0.15) is 8.42 Å². The predicted octanol–water partition coefficient (Wildman–Crippen LogP) is 0.391. The number of rotatable bonds is 3. The minimum atomic E-state index is -3.94. The zero-order chi connectivity index (χ0) is 17.8. The highest BCUT2D eigenvalue weighted by Gasteiger charge is 2.69. The topological polar surface area (TPSA) is 99.2 Å². The highest BCUT2D eigenvalue weighted by atomic mass is 32.2. The predicted molar refractivity (Wildman–Crippen MR) is 79.4 cm³/mol. The van der Waals surface area contributed by atoms with E-state index in [0.717, 1.165) is 19.4 Å². The maximum Gasteiger partial charge on any atom is 0.342 e. The Morgan fingerprint density at radius 3 is 2.39 bits per heavy atom. The van der Waals surface area contributed by atoms with E-state index in [1.807, 2.05) is 20.8 Å². The molecule has 9 heteroatoms. The Morgan fingerprint density at radius 1 is 1.39 bits per heavy atom. The van der Waals surface area contributed by atoms with Gasteiger partial charge in [0.05, 0.1) is 19.5 Å². The van der Waals surface area contributed by atoms with Gasteiger partial charge < -0.3 is 13.7 Å². The largest absolute Gasteiger partial charge is 0.467 e. The van der Waals surface area contributed by atoms with E-state index in [1.54, 1.807) is 6.92 Å². The molecule has 1 amide bonds. The molecule has 2 aliphatic heterocycles. The second-order valence-electron chi connectivity index (χ2n) is 6.76. The van der Waals surface area contributed by atoms with Gasteiger partial charge in [-0.25, -0.2) is 4.79 Å². The second kappa shape index (κ2) is 5.20. The van der Waals surface area contributed by atoms with Crippen LogP contribution in [0.5, 0.6) is 0 Å². The first-order valence-electron chi connectivity index (χ1n) is 7.04. The molecule has 2 heterocycles. The van der Waals surface area contributed by atoms with Gasteiger partial charge in [-0.15, -0.1) is 0 Å². The van der Waals surface area contributed by atoms with Gasteiger partial charge in [0.1, 0.15) is 6.23 Å². The number of fused-ring (bicyclic) bond motifs is 1. The Labute approximate surface area is 135 Å². The van der Waals surface area contributed by atoms with Crippen LogP contribution in [0.3, 0.4) is 0 Å². The molecule has 1 fully saturated rings. The number of hydrogen-bond donors (Lipinski definition) is 0. The summed E-state index contributed by atoms with van der Waals surface area (Å²) in [4.78, 5) is 26.2. The van der Waals surface area contributed by atoms with Crippen LogP contribution >= 0.6 is 0 Å². The van der Waals surface area contributed by atoms with Crippen molar-refractivity contribution in [2.45, 2.75) is 45.6 Å². The SMILES string of the molecule is COC(=O)[C@@]12C(OS(C)(=O)=O)=CC(=O)N1[C@@H](C(C)(C)C)O[C@@H]2C. The summed E-state index contributed by atoms with van der Waals surface area (Å²) in [5.41, 5.74) is -2.25. The molecular weight excluding hydrogens is 326 g/mol. The van der Waals surface area contributed by atoms with E-state index in [9.17, 15) is 18.0 Å². The van der Waals surface area contributed by atoms with Crippen LogP contribution in [0.4, 0.5) is 0 Å². The van der Waals surface area contributed by atoms with Gasteiger partial charge >= 0.3 is 16.1 Å². The molecule has 0 aromatic carbocycles. The van der Waals surface area contributed by atoms with Gasteiger partial charge in [0.2, 0.25) is 5.54 Å². The average molecular weight is 347 g/mol.